The summed E-state index contributed by atoms with van der Waals surface area (Å²) in [5.41, 5.74) is 1.03. The zero-order valence-corrected chi connectivity index (χ0v) is 13.3. The van der Waals surface area contributed by atoms with E-state index in [1.54, 1.807) is 6.07 Å². The van der Waals surface area contributed by atoms with Crippen LogP contribution in [0.5, 0.6) is 0 Å². The van der Waals surface area contributed by atoms with Gasteiger partial charge in [0.15, 0.2) is 0 Å². The van der Waals surface area contributed by atoms with Crippen molar-refractivity contribution in [2.75, 3.05) is 0 Å². The Bertz CT molecular complexity index is 613. The van der Waals surface area contributed by atoms with E-state index in [2.05, 4.69) is 21.2 Å². The molecule has 1 aliphatic rings. The van der Waals surface area contributed by atoms with Crippen LogP contribution in [0.3, 0.4) is 0 Å². The molecular weight excluding hydrogens is 337 g/mol. The molecule has 3 rings (SSSR count). The van der Waals surface area contributed by atoms with Crippen molar-refractivity contribution in [2.24, 2.45) is 0 Å². The van der Waals surface area contributed by atoms with Gasteiger partial charge in [0.25, 0.3) is 0 Å². The Morgan fingerprint density at radius 1 is 1.20 bits per heavy atom. The molecule has 0 spiro atoms. The molecule has 104 valence electrons. The molecule has 1 nitrogen and oxygen atoms in total. The van der Waals surface area contributed by atoms with Crippen LogP contribution in [0.2, 0.25) is 0 Å². The third-order valence-electron chi connectivity index (χ3n) is 3.22. The molecule has 0 heterocycles. The summed E-state index contributed by atoms with van der Waals surface area (Å²) >= 11 is 4.93. The highest BCUT2D eigenvalue weighted by atomic mass is 79.9. The standard InChI is InChI=1S/C16H15BrFNS/c17-12-4-2-5-14(9-12)20-16-11(3-1-6-15(16)18)10-19-13-7-8-13/h1-6,9,13,19H,7-8,10H2. The smallest absolute Gasteiger partial charge is 0.137 e. The van der Waals surface area contributed by atoms with E-state index in [4.69, 9.17) is 0 Å². The zero-order valence-electron chi connectivity index (χ0n) is 10.9. The van der Waals surface area contributed by atoms with E-state index in [0.29, 0.717) is 6.04 Å². The largest absolute Gasteiger partial charge is 0.310 e. The van der Waals surface area contributed by atoms with Crippen LogP contribution in [0.1, 0.15) is 18.4 Å². The first-order valence-electron chi connectivity index (χ1n) is 6.66. The number of hydrogen-bond acceptors (Lipinski definition) is 2. The number of nitrogens with one attached hydrogen (secondary N) is 1. The molecule has 1 saturated carbocycles. The summed E-state index contributed by atoms with van der Waals surface area (Å²) < 4.78 is 15.1. The van der Waals surface area contributed by atoms with Crippen molar-refractivity contribution in [3.8, 4) is 0 Å². The number of halogens is 2. The molecule has 0 aliphatic heterocycles. The Kier molecular flexibility index (Phi) is 4.44. The van der Waals surface area contributed by atoms with E-state index in [9.17, 15) is 4.39 Å². The van der Waals surface area contributed by atoms with Crippen LogP contribution < -0.4 is 5.32 Å². The fourth-order valence-electron chi connectivity index (χ4n) is 2.00. The number of hydrogen-bond donors (Lipinski definition) is 1. The van der Waals surface area contributed by atoms with Gasteiger partial charge < -0.3 is 5.32 Å². The predicted octanol–water partition coefficient (Wildman–Crippen LogP) is 4.99. The highest BCUT2D eigenvalue weighted by Gasteiger charge is 2.21. The van der Waals surface area contributed by atoms with Gasteiger partial charge in [0.05, 0.1) is 4.90 Å². The van der Waals surface area contributed by atoms with Crippen molar-refractivity contribution in [3.63, 3.8) is 0 Å². The van der Waals surface area contributed by atoms with Crippen molar-refractivity contribution in [1.82, 2.24) is 5.32 Å². The SMILES string of the molecule is Fc1cccc(CNC2CC2)c1Sc1cccc(Br)c1. The lowest BCUT2D eigenvalue weighted by Crippen LogP contribution is -2.16. The highest BCUT2D eigenvalue weighted by Crippen LogP contribution is 2.34. The molecule has 0 radical (unpaired) electrons. The van der Waals surface area contributed by atoms with E-state index in [1.165, 1.54) is 30.7 Å². The van der Waals surface area contributed by atoms with E-state index in [0.717, 1.165) is 26.4 Å². The summed E-state index contributed by atoms with van der Waals surface area (Å²) in [6.07, 6.45) is 2.48. The molecule has 0 aromatic heterocycles. The summed E-state index contributed by atoms with van der Waals surface area (Å²) in [4.78, 5) is 1.76. The maximum atomic E-state index is 14.1. The van der Waals surface area contributed by atoms with Gasteiger partial charge in [0, 0.05) is 22.0 Å². The number of rotatable bonds is 5. The summed E-state index contributed by atoms with van der Waals surface area (Å²) in [6.45, 7) is 0.735. The predicted molar refractivity (Wildman–Crippen MR) is 84.5 cm³/mol. The second kappa shape index (κ2) is 6.29. The van der Waals surface area contributed by atoms with Gasteiger partial charge >= 0.3 is 0 Å². The lowest BCUT2D eigenvalue weighted by molar-refractivity contribution is 0.589. The molecule has 1 fully saturated rings. The van der Waals surface area contributed by atoms with Crippen LogP contribution in [-0.2, 0) is 6.54 Å². The van der Waals surface area contributed by atoms with Crippen LogP contribution in [0.25, 0.3) is 0 Å². The summed E-state index contributed by atoms with van der Waals surface area (Å²) in [5, 5.41) is 3.45. The third kappa shape index (κ3) is 3.62. The molecule has 1 aliphatic carbocycles. The van der Waals surface area contributed by atoms with Gasteiger partial charge in [-0.1, -0.05) is 45.9 Å². The molecule has 0 unspecified atom stereocenters. The van der Waals surface area contributed by atoms with Gasteiger partial charge in [-0.2, -0.15) is 0 Å². The molecular formula is C16H15BrFNS. The average Bonchev–Trinajstić information content (AvgIpc) is 3.24. The minimum Gasteiger partial charge on any atom is -0.310 e. The number of benzene rings is 2. The maximum absolute atomic E-state index is 14.1. The molecule has 1 N–H and O–H groups in total. The van der Waals surface area contributed by atoms with Gasteiger partial charge in [-0.15, -0.1) is 0 Å². The van der Waals surface area contributed by atoms with Crippen LogP contribution in [-0.4, -0.2) is 6.04 Å². The molecule has 0 saturated heterocycles. The zero-order chi connectivity index (χ0) is 13.9. The van der Waals surface area contributed by atoms with E-state index < -0.39 is 0 Å². The van der Waals surface area contributed by atoms with Crippen LogP contribution in [0.4, 0.5) is 4.39 Å². The van der Waals surface area contributed by atoms with Gasteiger partial charge in [-0.05, 0) is 42.7 Å². The molecule has 20 heavy (non-hydrogen) atoms. The van der Waals surface area contributed by atoms with Crippen LogP contribution in [0, 0.1) is 5.82 Å². The monoisotopic (exact) mass is 351 g/mol. The van der Waals surface area contributed by atoms with Crippen molar-refractivity contribution in [3.05, 3.63) is 58.3 Å². The van der Waals surface area contributed by atoms with Gasteiger partial charge in [-0.25, -0.2) is 4.39 Å². The molecule has 0 amide bonds. The van der Waals surface area contributed by atoms with Crippen molar-refractivity contribution in [2.45, 2.75) is 35.2 Å². The summed E-state index contributed by atoms with van der Waals surface area (Å²) in [6, 6.07) is 13.9. The Morgan fingerprint density at radius 3 is 2.75 bits per heavy atom. The summed E-state index contributed by atoms with van der Waals surface area (Å²) in [7, 11) is 0. The Balaban J connectivity index is 1.82. The van der Waals surface area contributed by atoms with Gasteiger partial charge in [0.1, 0.15) is 5.82 Å². The first kappa shape index (κ1) is 14.1. The maximum Gasteiger partial charge on any atom is 0.137 e. The molecule has 2 aromatic carbocycles. The lowest BCUT2D eigenvalue weighted by atomic mass is 10.2. The first-order chi connectivity index (χ1) is 9.72. The second-order valence-electron chi connectivity index (χ2n) is 4.94. The molecule has 0 atom stereocenters. The van der Waals surface area contributed by atoms with E-state index >= 15 is 0 Å². The third-order valence-corrected chi connectivity index (χ3v) is 4.87. The van der Waals surface area contributed by atoms with Crippen molar-refractivity contribution >= 4 is 27.7 Å². The molecule has 2 aromatic rings. The molecule has 4 heteroatoms. The normalized spacial score (nSPS) is 14.5. The first-order valence-corrected chi connectivity index (χ1v) is 8.27. The summed E-state index contributed by atoms with van der Waals surface area (Å²) in [5.74, 6) is -0.148. The van der Waals surface area contributed by atoms with E-state index in [1.807, 2.05) is 30.3 Å². The minimum atomic E-state index is -0.148. The quantitative estimate of drug-likeness (QED) is 0.814. The highest BCUT2D eigenvalue weighted by molar-refractivity contribution is 9.10. The average molecular weight is 352 g/mol. The van der Waals surface area contributed by atoms with Crippen LogP contribution >= 0.6 is 27.7 Å². The van der Waals surface area contributed by atoms with Crippen molar-refractivity contribution < 1.29 is 4.39 Å². The lowest BCUT2D eigenvalue weighted by Gasteiger charge is -2.11. The Morgan fingerprint density at radius 2 is 2.00 bits per heavy atom. The topological polar surface area (TPSA) is 12.0 Å². The fraction of sp³-hybridized carbons (Fsp3) is 0.250. The van der Waals surface area contributed by atoms with Gasteiger partial charge in [-0.3, -0.25) is 0 Å². The fourth-order valence-corrected chi connectivity index (χ4v) is 3.55. The Hall–Kier alpha value is -0.840. The van der Waals surface area contributed by atoms with Crippen molar-refractivity contribution in [1.29, 1.82) is 0 Å². The van der Waals surface area contributed by atoms with Crippen LogP contribution in [0.15, 0.2) is 56.7 Å². The Labute approximate surface area is 131 Å². The van der Waals surface area contributed by atoms with Gasteiger partial charge in [0.2, 0.25) is 0 Å². The molecule has 0 bridgehead atoms. The second-order valence-corrected chi connectivity index (χ2v) is 6.94. The van der Waals surface area contributed by atoms with E-state index in [-0.39, 0.29) is 5.82 Å². The minimum absolute atomic E-state index is 0.148.